The first-order valence-electron chi connectivity index (χ1n) is 9.54. The van der Waals surface area contributed by atoms with E-state index in [0.29, 0.717) is 8.10 Å². The predicted molar refractivity (Wildman–Crippen MR) is 113 cm³/mol. The summed E-state index contributed by atoms with van der Waals surface area (Å²) in [4.78, 5) is 5.30. The van der Waals surface area contributed by atoms with Crippen LogP contribution in [0.25, 0.3) is 0 Å². The van der Waals surface area contributed by atoms with E-state index in [4.69, 9.17) is 0 Å². The Morgan fingerprint density at radius 2 is 1.50 bits per heavy atom. The van der Waals surface area contributed by atoms with Crippen molar-refractivity contribution in [1.29, 1.82) is 0 Å². The number of fused-ring (bicyclic) bond motifs is 2. The van der Waals surface area contributed by atoms with Crippen LogP contribution in [0.1, 0.15) is 36.1 Å². The molecule has 0 radical (unpaired) electrons. The molecule has 2 atom stereocenters. The topological polar surface area (TPSA) is 6.48 Å². The monoisotopic (exact) mass is 573 g/mol. The van der Waals surface area contributed by atoms with Crippen molar-refractivity contribution in [3.63, 3.8) is 0 Å². The van der Waals surface area contributed by atoms with Crippen molar-refractivity contribution in [1.82, 2.24) is 9.80 Å². The van der Waals surface area contributed by atoms with Gasteiger partial charge in [-0.1, -0.05) is 0 Å². The maximum atomic E-state index is 2.70. The van der Waals surface area contributed by atoms with Gasteiger partial charge in [0.2, 0.25) is 0 Å². The van der Waals surface area contributed by atoms with Gasteiger partial charge in [0.25, 0.3) is 0 Å². The summed E-state index contributed by atoms with van der Waals surface area (Å²) in [5.74, 6) is 0. The molecule has 0 saturated heterocycles. The minimum atomic E-state index is 0.00666. The number of halogens is 2. The Morgan fingerprint density at radius 3 is 2.27 bits per heavy atom. The molecule has 2 nitrogen and oxygen atoms in total. The Bertz CT molecular complexity index is 774. The third-order valence-corrected chi connectivity index (χ3v) is 9.53. The molecule has 2 aliphatic rings. The molecule has 26 heavy (non-hydrogen) atoms. The molecule has 0 aliphatic carbocycles. The Hall–Kier alpha value is -0.180. The third kappa shape index (κ3) is 4.28. The predicted octanol–water partition coefficient (Wildman–Crippen LogP) is 1.49. The number of rotatable bonds is 4. The van der Waals surface area contributed by atoms with E-state index < -0.39 is 0 Å². The van der Waals surface area contributed by atoms with Crippen LogP contribution in [-0.4, -0.2) is 31.0 Å². The van der Waals surface area contributed by atoms with Gasteiger partial charge in [0.05, 0.1) is 0 Å². The molecule has 0 spiro atoms. The molecule has 0 bridgehead atoms. The fourth-order valence-electron chi connectivity index (χ4n) is 3.99. The maximum absolute atomic E-state index is 2.70. The molecule has 2 aromatic carbocycles. The van der Waals surface area contributed by atoms with Crippen molar-refractivity contribution in [2.45, 2.75) is 47.9 Å². The molecule has 4 rings (SSSR count). The van der Waals surface area contributed by atoms with Gasteiger partial charge in [-0.25, -0.2) is 0 Å². The summed E-state index contributed by atoms with van der Waals surface area (Å²) in [7, 11) is 0. The second kappa shape index (κ2) is 8.45. The van der Waals surface area contributed by atoms with Crippen molar-refractivity contribution < 1.29 is 21.2 Å². The van der Waals surface area contributed by atoms with Gasteiger partial charge in [0, 0.05) is 0 Å². The van der Waals surface area contributed by atoms with Crippen molar-refractivity contribution in [3.05, 3.63) is 68.3 Å². The summed E-state index contributed by atoms with van der Waals surface area (Å²) in [5, 5.41) is 0. The number of hydrogen-bond donors (Lipinski definition) is 0. The summed E-state index contributed by atoms with van der Waals surface area (Å²) in [6.45, 7) is 9.42. The molecule has 140 valence electrons. The van der Waals surface area contributed by atoms with Crippen LogP contribution >= 0.6 is 22.6 Å². The standard InChI is InChI=1S/C22H27I2N2/c1-16(23)25-11-9-19-7-8-22(13-21(19)15-25)24-17(2)26-12-10-18-5-3-4-6-20(18)14-26/h3-8,13,16-17H,9-12,14-15H2,1-2H3/q-1/t16-,17?/m1/s1. The van der Waals surface area contributed by atoms with E-state index in [9.17, 15) is 0 Å². The Balaban J connectivity index is 1.44. The average Bonchev–Trinajstić information content (AvgIpc) is 2.67. The average molecular weight is 573 g/mol. The Labute approximate surface area is 181 Å². The third-order valence-electron chi connectivity index (χ3n) is 5.66. The van der Waals surface area contributed by atoms with Crippen LogP contribution in [0.15, 0.2) is 42.5 Å². The molecular weight excluding hydrogens is 546 g/mol. The molecule has 1 unspecified atom stereocenters. The molecular formula is C22H27I2N2-. The summed E-state index contributed by atoms with van der Waals surface area (Å²) in [6.07, 6.45) is 2.41. The SMILES string of the molecule is CC([I-]c1ccc2c(c1)CN([C@H](C)I)CC2)N1CCc2ccccc2C1. The molecule has 0 saturated carbocycles. The molecule has 4 heteroatoms. The molecule has 0 aromatic heterocycles. The van der Waals surface area contributed by atoms with Crippen LogP contribution in [0.4, 0.5) is 0 Å². The quantitative estimate of drug-likeness (QED) is 0.311. The first kappa shape index (κ1) is 19.2. The van der Waals surface area contributed by atoms with Crippen LogP contribution in [0.3, 0.4) is 0 Å². The van der Waals surface area contributed by atoms with Crippen LogP contribution in [-0.2, 0) is 25.9 Å². The zero-order valence-corrected chi connectivity index (χ0v) is 19.9. The van der Waals surface area contributed by atoms with Crippen LogP contribution in [0.2, 0.25) is 0 Å². The normalized spacial score (nSPS) is 20.4. The first-order valence-corrected chi connectivity index (χ1v) is 13.1. The van der Waals surface area contributed by atoms with E-state index in [1.165, 1.54) is 31.5 Å². The zero-order chi connectivity index (χ0) is 18.1. The zero-order valence-electron chi connectivity index (χ0n) is 15.6. The molecule has 2 heterocycles. The van der Waals surface area contributed by atoms with Gasteiger partial charge in [0.1, 0.15) is 0 Å². The van der Waals surface area contributed by atoms with Gasteiger partial charge in [-0.15, -0.1) is 0 Å². The Morgan fingerprint density at radius 1 is 0.846 bits per heavy atom. The van der Waals surface area contributed by atoms with Gasteiger partial charge in [0.15, 0.2) is 0 Å². The van der Waals surface area contributed by atoms with Crippen molar-refractivity contribution in [2.24, 2.45) is 0 Å². The fourth-order valence-corrected chi connectivity index (χ4v) is 7.32. The molecule has 0 fully saturated rings. The molecule has 2 aliphatic heterocycles. The molecule has 0 amide bonds. The van der Waals surface area contributed by atoms with Crippen LogP contribution < -0.4 is 21.2 Å². The summed E-state index contributed by atoms with van der Waals surface area (Å²) in [5.41, 5.74) is 6.24. The first-order chi connectivity index (χ1) is 12.6. The van der Waals surface area contributed by atoms with Crippen LogP contribution in [0.5, 0.6) is 0 Å². The second-order valence-corrected chi connectivity index (χ2v) is 12.9. The summed E-state index contributed by atoms with van der Waals surface area (Å²) < 4.78 is 2.92. The summed E-state index contributed by atoms with van der Waals surface area (Å²) in [6, 6.07) is 16.3. The van der Waals surface area contributed by atoms with E-state index in [1.807, 2.05) is 0 Å². The Kier molecular flexibility index (Phi) is 6.22. The number of alkyl halides is 2. The number of benzene rings is 2. The van der Waals surface area contributed by atoms with E-state index in [1.54, 1.807) is 20.3 Å². The second-order valence-electron chi connectivity index (χ2n) is 7.38. The van der Waals surface area contributed by atoms with Gasteiger partial charge < -0.3 is 0 Å². The molecule has 2 aromatic rings. The van der Waals surface area contributed by atoms with E-state index in [-0.39, 0.29) is 21.2 Å². The van der Waals surface area contributed by atoms with E-state index in [0.717, 1.165) is 13.1 Å². The van der Waals surface area contributed by atoms with E-state index >= 15 is 0 Å². The molecule has 0 N–H and O–H groups in total. The van der Waals surface area contributed by atoms with Gasteiger partial charge in [-0.3, -0.25) is 0 Å². The van der Waals surface area contributed by atoms with Crippen molar-refractivity contribution >= 4 is 22.6 Å². The van der Waals surface area contributed by atoms with E-state index in [2.05, 4.69) is 88.7 Å². The van der Waals surface area contributed by atoms with Crippen LogP contribution in [0, 0.1) is 3.57 Å². The number of hydrogen-bond acceptors (Lipinski definition) is 2. The van der Waals surface area contributed by atoms with Crippen molar-refractivity contribution in [2.75, 3.05) is 13.1 Å². The van der Waals surface area contributed by atoms with Gasteiger partial charge in [-0.05, 0) is 0 Å². The van der Waals surface area contributed by atoms with Gasteiger partial charge in [-0.2, -0.15) is 0 Å². The number of nitrogens with zero attached hydrogens (tertiary/aromatic N) is 2. The van der Waals surface area contributed by atoms with Crippen molar-refractivity contribution in [3.8, 4) is 0 Å². The van der Waals surface area contributed by atoms with Gasteiger partial charge >= 0.3 is 183 Å². The fraction of sp³-hybridized carbons (Fsp3) is 0.455. The summed E-state index contributed by atoms with van der Waals surface area (Å²) >= 11 is 2.55. The minimum absolute atomic E-state index is 0.00666.